The number of H-pyrrole nitrogens is 2. The van der Waals surface area contributed by atoms with Gasteiger partial charge in [0.05, 0.1) is 37.3 Å². The first kappa shape index (κ1) is 39.4. The van der Waals surface area contributed by atoms with Crippen molar-refractivity contribution in [1.82, 2.24) is 20.2 Å². The van der Waals surface area contributed by atoms with Gasteiger partial charge in [-0.3, -0.25) is 10.5 Å². The summed E-state index contributed by atoms with van der Waals surface area (Å²) >= 11 is 0. The molecule has 13 nitrogen and oxygen atoms in total. The molecule has 2 aromatic heterocycles. The van der Waals surface area contributed by atoms with Gasteiger partial charge in [0.15, 0.2) is 11.6 Å². The molecule has 0 amide bonds. The van der Waals surface area contributed by atoms with Gasteiger partial charge in [0.1, 0.15) is 11.6 Å². The standard InChI is InChI=1S/C25H28FN7O2.2C2HF3O2/c1-4-34-20-9-17(23(26)22(10-20)35-15(2)3)14-33(19-7-5-16(6-8-19)24(27)28)25-29-13-21(32-25)18-11-30-31-12-18;2*3-2(4,5)1(6)7/h5-13,15H,4,14H2,1-3H3,(H3,27,28)(H,29,32)(H,30,31);2*(H,6,7). The van der Waals surface area contributed by atoms with Crippen molar-refractivity contribution in [2.75, 3.05) is 11.5 Å². The highest BCUT2D eigenvalue weighted by atomic mass is 19.4. The van der Waals surface area contributed by atoms with Gasteiger partial charge in [-0.2, -0.15) is 31.4 Å². The molecule has 2 aromatic carbocycles. The van der Waals surface area contributed by atoms with Crippen LogP contribution in [0.15, 0.2) is 55.0 Å². The summed E-state index contributed by atoms with van der Waals surface area (Å²) in [5.41, 5.74) is 8.91. The molecule has 0 saturated heterocycles. The van der Waals surface area contributed by atoms with Crippen LogP contribution < -0.4 is 20.1 Å². The minimum Gasteiger partial charge on any atom is -0.494 e. The van der Waals surface area contributed by atoms with Crippen molar-refractivity contribution >= 4 is 29.4 Å². The molecule has 2 heterocycles. The van der Waals surface area contributed by atoms with Gasteiger partial charge in [0, 0.05) is 34.6 Å². The number of alkyl halides is 6. The van der Waals surface area contributed by atoms with Crippen molar-refractivity contribution in [3.63, 3.8) is 0 Å². The van der Waals surface area contributed by atoms with Gasteiger partial charge in [-0.25, -0.2) is 19.0 Å². The zero-order valence-electron chi connectivity index (χ0n) is 25.8. The lowest BCUT2D eigenvalue weighted by Crippen LogP contribution is -2.21. The summed E-state index contributed by atoms with van der Waals surface area (Å²) in [5.74, 6) is -4.86. The van der Waals surface area contributed by atoms with E-state index in [2.05, 4.69) is 20.2 Å². The van der Waals surface area contributed by atoms with E-state index in [1.165, 1.54) is 0 Å². The smallest absolute Gasteiger partial charge is 0.490 e. The third kappa shape index (κ3) is 12.0. The highest BCUT2D eigenvalue weighted by molar-refractivity contribution is 5.95. The number of aliphatic carboxylic acids is 2. The van der Waals surface area contributed by atoms with E-state index in [1.807, 2.05) is 37.8 Å². The Hall–Kier alpha value is -5.82. The minimum absolute atomic E-state index is 0.0331. The number of hydrogen-bond acceptors (Lipinski definition) is 8. The fourth-order valence-electron chi connectivity index (χ4n) is 3.60. The largest absolute Gasteiger partial charge is 0.494 e. The number of imidazole rings is 1. The topological polar surface area (TPSA) is 204 Å². The van der Waals surface area contributed by atoms with Crippen molar-refractivity contribution in [2.45, 2.75) is 45.8 Å². The van der Waals surface area contributed by atoms with Gasteiger partial charge in [0.25, 0.3) is 0 Å². The molecule has 0 fully saturated rings. The van der Waals surface area contributed by atoms with Crippen LogP contribution in [0.4, 0.5) is 42.4 Å². The van der Waals surface area contributed by atoms with Gasteiger partial charge < -0.3 is 35.3 Å². The number of halogens is 7. The van der Waals surface area contributed by atoms with Crippen LogP contribution in [0.25, 0.3) is 11.3 Å². The van der Waals surface area contributed by atoms with Crippen LogP contribution in [0.1, 0.15) is 31.9 Å². The molecule has 4 aromatic rings. The van der Waals surface area contributed by atoms with Crippen molar-refractivity contribution in [1.29, 1.82) is 5.41 Å². The minimum atomic E-state index is -5.08. The zero-order valence-corrected chi connectivity index (χ0v) is 25.8. The van der Waals surface area contributed by atoms with E-state index in [0.29, 0.717) is 29.4 Å². The molecule has 0 unspecified atom stereocenters. The number of ether oxygens (including phenoxy) is 2. The summed E-state index contributed by atoms with van der Waals surface area (Å²) in [4.78, 5) is 27.4. The van der Waals surface area contributed by atoms with Crippen LogP contribution in [-0.4, -0.2) is 73.2 Å². The average Bonchev–Trinajstić information content (AvgIpc) is 3.71. The van der Waals surface area contributed by atoms with Crippen LogP contribution in [0.2, 0.25) is 0 Å². The molecule has 7 N–H and O–H groups in total. The Morgan fingerprint density at radius 1 is 1.02 bits per heavy atom. The second kappa shape index (κ2) is 16.8. The summed E-state index contributed by atoms with van der Waals surface area (Å²) in [6.07, 6.45) is -5.24. The summed E-state index contributed by atoms with van der Waals surface area (Å²) in [7, 11) is 0. The number of nitrogens with zero attached hydrogens (tertiary/aromatic N) is 3. The molecular weight excluding hydrogens is 675 g/mol. The number of aromatic amines is 2. The van der Waals surface area contributed by atoms with E-state index in [9.17, 15) is 26.3 Å². The summed E-state index contributed by atoms with van der Waals surface area (Å²) in [6.45, 7) is 6.13. The number of nitrogens with one attached hydrogen (secondary N) is 3. The molecule has 266 valence electrons. The maximum atomic E-state index is 15.5. The maximum Gasteiger partial charge on any atom is 0.490 e. The average molecular weight is 706 g/mol. The first-order valence-electron chi connectivity index (χ1n) is 13.7. The Morgan fingerprint density at radius 2 is 1.59 bits per heavy atom. The summed E-state index contributed by atoms with van der Waals surface area (Å²) < 4.78 is 90.4. The number of hydrogen-bond donors (Lipinski definition) is 6. The molecule has 0 radical (unpaired) electrons. The Balaban J connectivity index is 0.000000500. The van der Waals surface area contributed by atoms with E-state index in [0.717, 1.165) is 16.9 Å². The van der Waals surface area contributed by atoms with E-state index >= 15 is 4.39 Å². The number of amidine groups is 1. The molecule has 20 heteroatoms. The number of nitrogen functional groups attached to an aromatic ring is 1. The van der Waals surface area contributed by atoms with Crippen molar-refractivity contribution < 1.29 is 60.0 Å². The zero-order chi connectivity index (χ0) is 37.1. The molecule has 0 bridgehead atoms. The van der Waals surface area contributed by atoms with Crippen LogP contribution >= 0.6 is 0 Å². The third-order valence-corrected chi connectivity index (χ3v) is 5.69. The molecular formula is C29H30F7N7O6. The van der Waals surface area contributed by atoms with E-state index in [4.69, 9.17) is 40.4 Å². The van der Waals surface area contributed by atoms with E-state index in [1.54, 1.807) is 42.9 Å². The fourth-order valence-corrected chi connectivity index (χ4v) is 3.60. The summed E-state index contributed by atoms with van der Waals surface area (Å²) in [6, 6.07) is 10.3. The quantitative estimate of drug-likeness (QED) is 0.0644. The van der Waals surface area contributed by atoms with Crippen molar-refractivity contribution in [3.05, 3.63) is 71.9 Å². The second-order valence-electron chi connectivity index (χ2n) is 9.75. The predicted octanol–water partition coefficient (Wildman–Crippen LogP) is 6.01. The Labute approximate surface area is 273 Å². The van der Waals surface area contributed by atoms with Crippen LogP contribution in [0.5, 0.6) is 11.5 Å². The van der Waals surface area contributed by atoms with Gasteiger partial charge in [-0.1, -0.05) is 0 Å². The number of nitrogens with two attached hydrogens (primary N) is 1. The number of anilines is 2. The van der Waals surface area contributed by atoms with E-state index < -0.39 is 30.1 Å². The van der Waals surface area contributed by atoms with Gasteiger partial charge in [-0.15, -0.1) is 0 Å². The molecule has 49 heavy (non-hydrogen) atoms. The second-order valence-corrected chi connectivity index (χ2v) is 9.75. The third-order valence-electron chi connectivity index (χ3n) is 5.69. The van der Waals surface area contributed by atoms with Crippen molar-refractivity contribution in [3.8, 4) is 22.8 Å². The predicted molar refractivity (Wildman–Crippen MR) is 160 cm³/mol. The number of carboxylic acid groups (broad SMARTS) is 2. The molecule has 4 rings (SSSR count). The Morgan fingerprint density at radius 3 is 2.04 bits per heavy atom. The number of carboxylic acids is 2. The van der Waals surface area contributed by atoms with E-state index in [-0.39, 0.29) is 24.2 Å². The SMILES string of the molecule is CCOc1cc(CN(c2ccc(C(=N)N)cc2)c2ncc(-c3cn[nH]c3)[nH]2)c(F)c(OC(C)C)c1.O=C(O)C(F)(F)F.O=C(O)C(F)(F)F. The van der Waals surface area contributed by atoms with Crippen molar-refractivity contribution in [2.24, 2.45) is 5.73 Å². The summed E-state index contributed by atoms with van der Waals surface area (Å²) in [5, 5.41) is 28.7. The van der Waals surface area contributed by atoms with Gasteiger partial charge >= 0.3 is 24.3 Å². The first-order valence-corrected chi connectivity index (χ1v) is 13.7. The first-order chi connectivity index (χ1) is 22.7. The normalized spacial score (nSPS) is 11.1. The molecule has 0 spiro atoms. The monoisotopic (exact) mass is 705 g/mol. The lowest BCUT2D eigenvalue weighted by molar-refractivity contribution is -0.193. The van der Waals surface area contributed by atoms with Gasteiger partial charge in [-0.05, 0) is 51.1 Å². The lowest BCUT2D eigenvalue weighted by atomic mass is 10.1. The molecule has 0 aliphatic rings. The lowest BCUT2D eigenvalue weighted by Gasteiger charge is -2.24. The van der Waals surface area contributed by atoms with Crippen LogP contribution in [0.3, 0.4) is 0 Å². The molecule has 0 atom stereocenters. The molecule has 0 aliphatic carbocycles. The molecule has 0 aliphatic heterocycles. The highest BCUT2D eigenvalue weighted by Crippen LogP contribution is 2.33. The molecule has 0 saturated carbocycles. The maximum absolute atomic E-state index is 15.5. The number of rotatable bonds is 10. The highest BCUT2D eigenvalue weighted by Gasteiger charge is 2.38. The number of benzene rings is 2. The van der Waals surface area contributed by atoms with Crippen LogP contribution in [-0.2, 0) is 16.1 Å². The van der Waals surface area contributed by atoms with Gasteiger partial charge in [0.2, 0.25) is 5.95 Å². The number of carbonyl (C=O) groups is 2. The Bertz CT molecular complexity index is 1670. The fraction of sp³-hybridized carbons (Fsp3) is 0.276. The Kier molecular flexibility index (Phi) is 13.5. The van der Waals surface area contributed by atoms with Crippen LogP contribution in [0, 0.1) is 11.2 Å². The number of aromatic nitrogens is 4.